The molecule has 1 N–H and O–H groups in total. The van der Waals surface area contributed by atoms with Crippen molar-refractivity contribution in [2.75, 3.05) is 57.3 Å². The first-order valence-electron chi connectivity index (χ1n) is 11.0. The summed E-state index contributed by atoms with van der Waals surface area (Å²) >= 11 is 0. The summed E-state index contributed by atoms with van der Waals surface area (Å²) < 4.78 is 0. The first-order chi connectivity index (χ1) is 14.5. The van der Waals surface area contributed by atoms with Gasteiger partial charge in [0.05, 0.1) is 6.54 Å². The molecule has 1 amide bonds. The van der Waals surface area contributed by atoms with Crippen molar-refractivity contribution in [1.29, 1.82) is 0 Å². The summed E-state index contributed by atoms with van der Waals surface area (Å²) in [6.45, 7) is 14.6. The first-order valence-corrected chi connectivity index (χ1v) is 11.0. The molecule has 2 fully saturated rings. The summed E-state index contributed by atoms with van der Waals surface area (Å²) in [4.78, 5) is 26.5. The fourth-order valence-corrected chi connectivity index (χ4v) is 4.26. The summed E-state index contributed by atoms with van der Waals surface area (Å²) in [5.41, 5.74) is 1.99. The van der Waals surface area contributed by atoms with Gasteiger partial charge in [-0.1, -0.05) is 0 Å². The molecule has 0 aliphatic carbocycles. The second-order valence-electron chi connectivity index (χ2n) is 8.57. The molecule has 8 heteroatoms. The molecule has 0 atom stereocenters. The van der Waals surface area contributed by atoms with Crippen LogP contribution in [0.25, 0.3) is 0 Å². The molecule has 1 aromatic carbocycles. The van der Waals surface area contributed by atoms with E-state index in [1.54, 1.807) is 0 Å². The molecule has 0 spiro atoms. The van der Waals surface area contributed by atoms with E-state index >= 15 is 0 Å². The van der Waals surface area contributed by atoms with Gasteiger partial charge < -0.3 is 9.80 Å². The lowest BCUT2D eigenvalue weighted by Crippen LogP contribution is -2.49. The predicted octanol–water partition coefficient (Wildman–Crippen LogP) is 1.60. The Morgan fingerprint density at radius 3 is 2.23 bits per heavy atom. The summed E-state index contributed by atoms with van der Waals surface area (Å²) in [6.07, 6.45) is 0. The molecule has 162 valence electrons. The molecule has 0 saturated carbocycles. The lowest BCUT2D eigenvalue weighted by Gasteiger charge is -2.38. The number of hydrogen-bond acceptors (Lipinski definition) is 6. The number of aromatic nitrogens is 3. The van der Waals surface area contributed by atoms with Crippen LogP contribution in [0.15, 0.2) is 24.3 Å². The maximum atomic E-state index is 12.9. The number of carbonyl (C=O) groups is 1. The van der Waals surface area contributed by atoms with Crippen molar-refractivity contribution in [3.05, 3.63) is 41.5 Å². The molecular weight excluding hydrogens is 378 g/mol. The number of aryl methyl sites for hydroxylation is 1. The highest BCUT2D eigenvalue weighted by Gasteiger charge is 2.24. The van der Waals surface area contributed by atoms with E-state index in [1.165, 1.54) is 5.69 Å². The smallest absolute Gasteiger partial charge is 0.253 e. The Balaban J connectivity index is 1.28. The maximum absolute atomic E-state index is 12.9. The molecule has 3 heterocycles. The zero-order valence-electron chi connectivity index (χ0n) is 18.3. The van der Waals surface area contributed by atoms with Crippen LogP contribution < -0.4 is 4.90 Å². The van der Waals surface area contributed by atoms with Gasteiger partial charge in [0.2, 0.25) is 0 Å². The van der Waals surface area contributed by atoms with Gasteiger partial charge in [-0.3, -0.25) is 19.7 Å². The minimum absolute atomic E-state index is 0.125. The van der Waals surface area contributed by atoms with E-state index in [-0.39, 0.29) is 5.91 Å². The molecule has 0 bridgehead atoms. The van der Waals surface area contributed by atoms with E-state index in [0.717, 1.165) is 76.1 Å². The van der Waals surface area contributed by atoms with Crippen molar-refractivity contribution in [1.82, 2.24) is 29.9 Å². The third-order valence-electron chi connectivity index (χ3n) is 6.19. The van der Waals surface area contributed by atoms with Crippen LogP contribution in [0.1, 0.15) is 35.9 Å². The minimum atomic E-state index is 0.125. The molecule has 2 saturated heterocycles. The number of rotatable bonds is 5. The van der Waals surface area contributed by atoms with Gasteiger partial charge in [-0.15, -0.1) is 0 Å². The molecule has 30 heavy (non-hydrogen) atoms. The zero-order chi connectivity index (χ0) is 21.1. The highest BCUT2D eigenvalue weighted by Crippen LogP contribution is 2.19. The molecule has 8 nitrogen and oxygen atoms in total. The monoisotopic (exact) mass is 411 g/mol. The first kappa shape index (κ1) is 20.8. The number of carbonyl (C=O) groups excluding carboxylic acids is 1. The predicted molar refractivity (Wildman–Crippen MR) is 118 cm³/mol. The van der Waals surface area contributed by atoms with Gasteiger partial charge in [0.25, 0.3) is 5.91 Å². The number of piperazine rings is 2. The average molecular weight is 412 g/mol. The number of aromatic amines is 1. The normalized spacial score (nSPS) is 18.9. The highest BCUT2D eigenvalue weighted by molar-refractivity contribution is 5.94. The molecule has 4 rings (SSSR count). The maximum Gasteiger partial charge on any atom is 0.253 e. The van der Waals surface area contributed by atoms with Gasteiger partial charge in [0.15, 0.2) is 5.82 Å². The van der Waals surface area contributed by atoms with Crippen molar-refractivity contribution >= 4 is 11.6 Å². The molecule has 0 radical (unpaired) electrons. The highest BCUT2D eigenvalue weighted by atomic mass is 16.2. The van der Waals surface area contributed by atoms with Crippen LogP contribution in [0.3, 0.4) is 0 Å². The van der Waals surface area contributed by atoms with Crippen LogP contribution in [0.2, 0.25) is 0 Å². The largest absolute Gasteiger partial charge is 0.369 e. The number of H-pyrrole nitrogens is 1. The van der Waals surface area contributed by atoms with Crippen molar-refractivity contribution in [3.63, 3.8) is 0 Å². The van der Waals surface area contributed by atoms with E-state index in [2.05, 4.69) is 55.9 Å². The van der Waals surface area contributed by atoms with Crippen molar-refractivity contribution < 1.29 is 4.79 Å². The standard InChI is InChI=1S/C22H33N7O/c1-17(2)27-12-14-28(15-13-27)20-6-4-19(5-7-20)22(30)29-10-8-26(9-11-29)16-21-23-18(3)24-25-21/h4-7,17H,8-16H2,1-3H3,(H,23,24,25). The molecule has 0 unspecified atom stereocenters. The molecule has 2 aliphatic rings. The minimum Gasteiger partial charge on any atom is -0.369 e. The molecular formula is C22H33N7O. The number of nitrogens with one attached hydrogen (secondary N) is 1. The van der Waals surface area contributed by atoms with Crippen LogP contribution in [0.5, 0.6) is 0 Å². The molecule has 2 aliphatic heterocycles. The quantitative estimate of drug-likeness (QED) is 0.806. The second kappa shape index (κ2) is 9.14. The Morgan fingerprint density at radius 2 is 1.67 bits per heavy atom. The van der Waals surface area contributed by atoms with E-state index in [0.29, 0.717) is 6.04 Å². The second-order valence-corrected chi connectivity index (χ2v) is 8.57. The summed E-state index contributed by atoms with van der Waals surface area (Å²) in [5, 5.41) is 7.09. The number of nitrogens with zero attached hydrogens (tertiary/aromatic N) is 6. The van der Waals surface area contributed by atoms with Crippen LogP contribution in [0, 0.1) is 6.92 Å². The average Bonchev–Trinajstić information content (AvgIpc) is 3.18. The number of benzene rings is 1. The van der Waals surface area contributed by atoms with Crippen molar-refractivity contribution in [3.8, 4) is 0 Å². The zero-order valence-corrected chi connectivity index (χ0v) is 18.3. The fraction of sp³-hybridized carbons (Fsp3) is 0.591. The Kier molecular flexibility index (Phi) is 6.34. The lowest BCUT2D eigenvalue weighted by atomic mass is 10.1. The van der Waals surface area contributed by atoms with Crippen molar-refractivity contribution in [2.24, 2.45) is 0 Å². The van der Waals surface area contributed by atoms with Crippen LogP contribution in [0.4, 0.5) is 5.69 Å². The van der Waals surface area contributed by atoms with E-state index in [9.17, 15) is 4.79 Å². The van der Waals surface area contributed by atoms with Gasteiger partial charge >= 0.3 is 0 Å². The fourth-order valence-electron chi connectivity index (χ4n) is 4.26. The summed E-state index contributed by atoms with van der Waals surface area (Å²) in [5.74, 6) is 1.78. The third-order valence-corrected chi connectivity index (χ3v) is 6.19. The van der Waals surface area contributed by atoms with Crippen LogP contribution in [-0.2, 0) is 6.54 Å². The summed E-state index contributed by atoms with van der Waals surface area (Å²) in [6, 6.07) is 8.76. The van der Waals surface area contributed by atoms with E-state index in [1.807, 2.05) is 24.0 Å². The Morgan fingerprint density at radius 1 is 1.00 bits per heavy atom. The van der Waals surface area contributed by atoms with E-state index in [4.69, 9.17) is 0 Å². The Hall–Kier alpha value is -2.45. The number of amides is 1. The summed E-state index contributed by atoms with van der Waals surface area (Å²) in [7, 11) is 0. The SMILES string of the molecule is Cc1nc(CN2CCN(C(=O)c3ccc(N4CCN(C(C)C)CC4)cc3)CC2)n[nH]1. The Bertz CT molecular complexity index is 831. The van der Waals surface area contributed by atoms with Crippen LogP contribution >= 0.6 is 0 Å². The van der Waals surface area contributed by atoms with Crippen LogP contribution in [-0.4, -0.2) is 94.2 Å². The molecule has 1 aromatic heterocycles. The number of hydrogen-bond donors (Lipinski definition) is 1. The van der Waals surface area contributed by atoms with Gasteiger partial charge in [0.1, 0.15) is 5.82 Å². The van der Waals surface area contributed by atoms with Gasteiger partial charge in [-0.2, -0.15) is 5.10 Å². The third kappa shape index (κ3) is 4.82. The Labute approximate surface area is 178 Å². The number of anilines is 1. The topological polar surface area (TPSA) is 71.6 Å². The van der Waals surface area contributed by atoms with Crippen molar-refractivity contribution in [2.45, 2.75) is 33.4 Å². The van der Waals surface area contributed by atoms with Gasteiger partial charge in [-0.05, 0) is 45.0 Å². The van der Waals surface area contributed by atoms with E-state index < -0.39 is 0 Å². The lowest BCUT2D eigenvalue weighted by molar-refractivity contribution is 0.0625. The van der Waals surface area contributed by atoms with Gasteiger partial charge in [0, 0.05) is 69.7 Å². The molecule has 2 aromatic rings. The van der Waals surface area contributed by atoms with Gasteiger partial charge in [-0.25, -0.2) is 4.98 Å².